The van der Waals surface area contributed by atoms with Crippen LogP contribution in [0.15, 0.2) is 18.2 Å². The smallest absolute Gasteiger partial charge is 0.0558 e. The number of hydrogen-bond donors (Lipinski definition) is 1. The lowest BCUT2D eigenvalue weighted by Gasteiger charge is -2.22. The Hall–Kier alpha value is -0.860. The van der Waals surface area contributed by atoms with Crippen molar-refractivity contribution >= 4 is 0 Å². The van der Waals surface area contributed by atoms with Crippen molar-refractivity contribution in [3.8, 4) is 0 Å². The summed E-state index contributed by atoms with van der Waals surface area (Å²) in [6.07, 6.45) is 3.62. The molecule has 1 rings (SSSR count). The lowest BCUT2D eigenvalue weighted by molar-refractivity contribution is 0.100. The van der Waals surface area contributed by atoms with Gasteiger partial charge in [-0.05, 0) is 52.1 Å². The van der Waals surface area contributed by atoms with E-state index >= 15 is 0 Å². The molecule has 2 unspecified atom stereocenters. The minimum Gasteiger partial charge on any atom is -0.382 e. The molecule has 0 heterocycles. The standard InChI is InChI=1S/C17H29NO/c1-6-7-18-17(11-15(4)19-5)12-16-9-13(2)8-14(3)10-16/h8-10,15,17-18H,6-7,11-12H2,1-5H3. The Morgan fingerprint density at radius 2 is 1.79 bits per heavy atom. The monoisotopic (exact) mass is 263 g/mol. The highest BCUT2D eigenvalue weighted by Crippen LogP contribution is 2.13. The van der Waals surface area contributed by atoms with Crippen LogP contribution in [0.3, 0.4) is 0 Å². The fraction of sp³-hybridized carbons (Fsp3) is 0.647. The number of aryl methyl sites for hydroxylation is 2. The summed E-state index contributed by atoms with van der Waals surface area (Å²) in [6.45, 7) is 9.76. The van der Waals surface area contributed by atoms with Crippen LogP contribution in [0.1, 0.15) is 43.4 Å². The van der Waals surface area contributed by atoms with E-state index in [-0.39, 0.29) is 0 Å². The zero-order valence-corrected chi connectivity index (χ0v) is 13.1. The highest BCUT2D eigenvalue weighted by Gasteiger charge is 2.13. The molecule has 0 spiro atoms. The molecule has 1 aromatic rings. The van der Waals surface area contributed by atoms with Gasteiger partial charge in [0.2, 0.25) is 0 Å². The van der Waals surface area contributed by atoms with E-state index in [0.717, 1.165) is 19.4 Å². The van der Waals surface area contributed by atoms with Crippen LogP contribution in [0.4, 0.5) is 0 Å². The van der Waals surface area contributed by atoms with Crippen molar-refractivity contribution in [1.82, 2.24) is 5.32 Å². The van der Waals surface area contributed by atoms with Gasteiger partial charge in [0.05, 0.1) is 6.10 Å². The molecule has 0 radical (unpaired) electrons. The highest BCUT2D eigenvalue weighted by atomic mass is 16.5. The van der Waals surface area contributed by atoms with Crippen molar-refractivity contribution in [2.24, 2.45) is 0 Å². The van der Waals surface area contributed by atoms with Gasteiger partial charge in [-0.15, -0.1) is 0 Å². The molecule has 0 saturated carbocycles. The Morgan fingerprint density at radius 3 is 2.32 bits per heavy atom. The van der Waals surface area contributed by atoms with E-state index in [1.54, 1.807) is 7.11 Å². The first-order chi connectivity index (χ1) is 9.05. The topological polar surface area (TPSA) is 21.3 Å². The van der Waals surface area contributed by atoms with Crippen LogP contribution in [0.5, 0.6) is 0 Å². The number of ether oxygens (including phenoxy) is 1. The molecule has 1 N–H and O–H groups in total. The van der Waals surface area contributed by atoms with Gasteiger partial charge in [-0.2, -0.15) is 0 Å². The van der Waals surface area contributed by atoms with Gasteiger partial charge in [0.25, 0.3) is 0 Å². The van der Waals surface area contributed by atoms with E-state index in [1.807, 2.05) is 0 Å². The number of hydrogen-bond acceptors (Lipinski definition) is 2. The Labute approximate surface area is 118 Å². The molecule has 0 fully saturated rings. The van der Waals surface area contributed by atoms with E-state index in [2.05, 4.69) is 51.2 Å². The van der Waals surface area contributed by atoms with Crippen molar-refractivity contribution in [1.29, 1.82) is 0 Å². The molecular formula is C17H29NO. The lowest BCUT2D eigenvalue weighted by Crippen LogP contribution is -2.35. The molecule has 19 heavy (non-hydrogen) atoms. The maximum Gasteiger partial charge on any atom is 0.0558 e. The van der Waals surface area contributed by atoms with Gasteiger partial charge < -0.3 is 10.1 Å². The van der Waals surface area contributed by atoms with Crippen LogP contribution in [0.2, 0.25) is 0 Å². The molecule has 0 bridgehead atoms. The largest absolute Gasteiger partial charge is 0.382 e. The molecule has 108 valence electrons. The third kappa shape index (κ3) is 6.22. The van der Waals surface area contributed by atoms with Gasteiger partial charge in [-0.25, -0.2) is 0 Å². The lowest BCUT2D eigenvalue weighted by atomic mass is 9.98. The fourth-order valence-electron chi connectivity index (χ4n) is 2.56. The zero-order valence-electron chi connectivity index (χ0n) is 13.1. The summed E-state index contributed by atoms with van der Waals surface area (Å²) < 4.78 is 5.41. The summed E-state index contributed by atoms with van der Waals surface area (Å²) in [5.41, 5.74) is 4.13. The number of nitrogens with one attached hydrogen (secondary N) is 1. The third-order valence-electron chi connectivity index (χ3n) is 3.47. The minimum atomic E-state index is 0.306. The van der Waals surface area contributed by atoms with Crippen LogP contribution in [-0.4, -0.2) is 25.8 Å². The summed E-state index contributed by atoms with van der Waals surface area (Å²) >= 11 is 0. The van der Waals surface area contributed by atoms with Crippen molar-refractivity contribution in [3.63, 3.8) is 0 Å². The van der Waals surface area contributed by atoms with Crippen LogP contribution in [0.25, 0.3) is 0 Å². The van der Waals surface area contributed by atoms with Crippen LogP contribution in [-0.2, 0) is 11.2 Å². The average Bonchev–Trinajstić information content (AvgIpc) is 2.34. The molecule has 2 nitrogen and oxygen atoms in total. The van der Waals surface area contributed by atoms with Gasteiger partial charge in [0.15, 0.2) is 0 Å². The SMILES string of the molecule is CCCNC(Cc1cc(C)cc(C)c1)CC(C)OC. The van der Waals surface area contributed by atoms with E-state index in [1.165, 1.54) is 23.1 Å². The molecule has 0 aliphatic carbocycles. The zero-order chi connectivity index (χ0) is 14.3. The molecule has 0 aliphatic heterocycles. The van der Waals surface area contributed by atoms with Crippen LogP contribution >= 0.6 is 0 Å². The van der Waals surface area contributed by atoms with E-state index in [4.69, 9.17) is 4.74 Å². The second-order valence-electron chi connectivity index (χ2n) is 5.63. The van der Waals surface area contributed by atoms with Crippen LogP contribution < -0.4 is 5.32 Å². The van der Waals surface area contributed by atoms with Gasteiger partial charge in [0, 0.05) is 13.2 Å². The van der Waals surface area contributed by atoms with E-state index in [9.17, 15) is 0 Å². The number of rotatable bonds is 8. The van der Waals surface area contributed by atoms with Crippen LogP contribution in [0, 0.1) is 13.8 Å². The number of benzene rings is 1. The predicted octanol–water partition coefficient (Wildman–Crippen LogP) is 3.64. The Bertz CT molecular complexity index is 355. The Morgan fingerprint density at radius 1 is 1.16 bits per heavy atom. The quantitative estimate of drug-likeness (QED) is 0.773. The molecule has 0 aromatic heterocycles. The third-order valence-corrected chi connectivity index (χ3v) is 3.47. The summed E-state index contributed by atoms with van der Waals surface area (Å²) in [7, 11) is 1.79. The average molecular weight is 263 g/mol. The second kappa shape index (κ2) is 8.34. The van der Waals surface area contributed by atoms with Gasteiger partial charge in [-0.1, -0.05) is 36.2 Å². The van der Waals surface area contributed by atoms with E-state index < -0.39 is 0 Å². The first-order valence-corrected chi connectivity index (χ1v) is 7.38. The second-order valence-corrected chi connectivity index (χ2v) is 5.63. The fourth-order valence-corrected chi connectivity index (χ4v) is 2.56. The Balaban J connectivity index is 2.69. The first kappa shape index (κ1) is 16.2. The summed E-state index contributed by atoms with van der Waals surface area (Å²) in [5, 5.41) is 3.64. The predicted molar refractivity (Wildman–Crippen MR) is 82.8 cm³/mol. The minimum absolute atomic E-state index is 0.306. The van der Waals surface area contributed by atoms with Gasteiger partial charge >= 0.3 is 0 Å². The molecule has 0 saturated heterocycles. The molecule has 2 atom stereocenters. The van der Waals surface area contributed by atoms with Crippen molar-refractivity contribution in [2.45, 2.75) is 59.1 Å². The maximum atomic E-state index is 5.41. The van der Waals surface area contributed by atoms with Gasteiger partial charge in [-0.3, -0.25) is 0 Å². The number of methoxy groups -OCH3 is 1. The van der Waals surface area contributed by atoms with Crippen molar-refractivity contribution in [3.05, 3.63) is 34.9 Å². The normalized spacial score (nSPS) is 14.4. The summed E-state index contributed by atoms with van der Waals surface area (Å²) in [5.74, 6) is 0. The molecule has 0 aliphatic rings. The van der Waals surface area contributed by atoms with Crippen molar-refractivity contribution in [2.75, 3.05) is 13.7 Å². The molecular weight excluding hydrogens is 234 g/mol. The van der Waals surface area contributed by atoms with Crippen molar-refractivity contribution < 1.29 is 4.74 Å². The van der Waals surface area contributed by atoms with E-state index in [0.29, 0.717) is 12.1 Å². The molecule has 0 amide bonds. The molecule has 1 aromatic carbocycles. The summed E-state index contributed by atoms with van der Waals surface area (Å²) in [6, 6.07) is 7.32. The maximum absolute atomic E-state index is 5.41. The highest BCUT2D eigenvalue weighted by molar-refractivity contribution is 5.29. The first-order valence-electron chi connectivity index (χ1n) is 7.38. The molecule has 2 heteroatoms. The summed E-state index contributed by atoms with van der Waals surface area (Å²) in [4.78, 5) is 0. The Kier molecular flexibility index (Phi) is 7.11. The van der Waals surface area contributed by atoms with Gasteiger partial charge in [0.1, 0.15) is 0 Å².